The third-order valence-corrected chi connectivity index (χ3v) is 3.75. The Morgan fingerprint density at radius 3 is 2.74 bits per heavy atom. The molecule has 1 aromatic heterocycles. The molecule has 0 amide bonds. The van der Waals surface area contributed by atoms with Gasteiger partial charge in [0.15, 0.2) is 0 Å². The summed E-state index contributed by atoms with van der Waals surface area (Å²) in [6.07, 6.45) is 0. The molecule has 0 atom stereocenters. The topological polar surface area (TPSA) is 98.8 Å². The van der Waals surface area contributed by atoms with E-state index in [1.807, 2.05) is 12.1 Å². The zero-order valence-electron chi connectivity index (χ0n) is 11.7. The summed E-state index contributed by atoms with van der Waals surface area (Å²) in [5.74, 6) is 0.396. The number of nitrogens with one attached hydrogen (secondary N) is 1. The summed E-state index contributed by atoms with van der Waals surface area (Å²) in [5.41, 5.74) is 6.90. The van der Waals surface area contributed by atoms with E-state index in [0.29, 0.717) is 27.2 Å². The Bertz CT molecular complexity index is 906. The minimum Gasteiger partial charge on any atom is -0.487 e. The summed E-state index contributed by atoms with van der Waals surface area (Å²) in [7, 11) is 0. The number of hydrogen-bond donors (Lipinski definition) is 2. The Morgan fingerprint density at radius 1 is 1.22 bits per heavy atom. The van der Waals surface area contributed by atoms with Crippen molar-refractivity contribution in [3.63, 3.8) is 0 Å². The van der Waals surface area contributed by atoms with Crippen molar-refractivity contribution in [2.75, 3.05) is 5.73 Å². The number of nitrogens with zero attached hydrogens (tertiary/aromatic N) is 3. The van der Waals surface area contributed by atoms with Crippen LogP contribution in [0.15, 0.2) is 41.2 Å². The fraction of sp³-hybridized carbons (Fsp3) is 0.0714. The van der Waals surface area contributed by atoms with Crippen molar-refractivity contribution in [1.29, 1.82) is 0 Å². The first-order valence-corrected chi connectivity index (χ1v) is 7.28. The van der Waals surface area contributed by atoms with Crippen LogP contribution in [-0.2, 0) is 6.61 Å². The van der Waals surface area contributed by atoms with E-state index in [9.17, 15) is 4.79 Å². The Balaban J connectivity index is 1.89. The first-order chi connectivity index (χ1) is 11.1. The highest BCUT2D eigenvalue weighted by atomic mass is 35.5. The van der Waals surface area contributed by atoms with Gasteiger partial charge in [0.1, 0.15) is 12.4 Å². The maximum atomic E-state index is 11.7. The number of nitrogens with two attached hydrogens (primary N) is 1. The predicted octanol–water partition coefficient (Wildman–Crippen LogP) is 2.42. The smallest absolute Gasteiger partial charge is 0.365 e. The number of para-hydroxylation sites is 1. The lowest BCUT2D eigenvalue weighted by atomic mass is 10.2. The second kappa shape index (κ2) is 6.31. The Labute approximate surface area is 140 Å². The molecule has 0 unspecified atom stereocenters. The molecule has 7 nitrogen and oxygen atoms in total. The van der Waals surface area contributed by atoms with E-state index >= 15 is 0 Å². The SMILES string of the molecule is Nc1cc(Cl)c(OCc2ccccc2-n2nn[nH]c2=O)cc1Cl. The molecule has 118 valence electrons. The molecule has 3 aromatic rings. The highest BCUT2D eigenvalue weighted by Crippen LogP contribution is 2.33. The molecule has 0 aliphatic rings. The van der Waals surface area contributed by atoms with Crippen molar-refractivity contribution >= 4 is 28.9 Å². The van der Waals surface area contributed by atoms with Crippen LogP contribution in [0.4, 0.5) is 5.69 Å². The maximum absolute atomic E-state index is 11.7. The number of benzene rings is 2. The van der Waals surface area contributed by atoms with Gasteiger partial charge in [0.25, 0.3) is 0 Å². The predicted molar refractivity (Wildman–Crippen MR) is 87.2 cm³/mol. The van der Waals surface area contributed by atoms with E-state index < -0.39 is 5.69 Å². The zero-order chi connectivity index (χ0) is 16.4. The molecule has 0 saturated carbocycles. The van der Waals surface area contributed by atoms with Gasteiger partial charge in [-0.25, -0.2) is 9.89 Å². The summed E-state index contributed by atoms with van der Waals surface area (Å²) in [5, 5.41) is 10.1. The van der Waals surface area contributed by atoms with Gasteiger partial charge in [-0.05, 0) is 22.6 Å². The Morgan fingerprint density at radius 2 is 2.00 bits per heavy atom. The summed E-state index contributed by atoms with van der Waals surface area (Å²) in [6.45, 7) is 0.162. The van der Waals surface area contributed by atoms with Crippen LogP contribution in [-0.4, -0.2) is 20.2 Å². The van der Waals surface area contributed by atoms with Crippen molar-refractivity contribution in [2.24, 2.45) is 0 Å². The fourth-order valence-corrected chi connectivity index (χ4v) is 2.39. The lowest BCUT2D eigenvalue weighted by Gasteiger charge is -2.12. The van der Waals surface area contributed by atoms with Crippen LogP contribution < -0.4 is 16.2 Å². The van der Waals surface area contributed by atoms with Crippen LogP contribution in [0.2, 0.25) is 10.0 Å². The quantitative estimate of drug-likeness (QED) is 0.703. The molecule has 0 saturated heterocycles. The summed E-state index contributed by atoms with van der Waals surface area (Å²) in [4.78, 5) is 11.7. The molecule has 0 fully saturated rings. The number of anilines is 1. The van der Waals surface area contributed by atoms with Crippen LogP contribution in [0.1, 0.15) is 5.56 Å². The van der Waals surface area contributed by atoms with Crippen molar-refractivity contribution in [1.82, 2.24) is 20.2 Å². The van der Waals surface area contributed by atoms with Gasteiger partial charge in [-0.2, -0.15) is 4.68 Å². The van der Waals surface area contributed by atoms with Gasteiger partial charge in [0, 0.05) is 11.6 Å². The van der Waals surface area contributed by atoms with Crippen LogP contribution >= 0.6 is 23.2 Å². The van der Waals surface area contributed by atoms with E-state index in [4.69, 9.17) is 33.7 Å². The largest absolute Gasteiger partial charge is 0.487 e. The van der Waals surface area contributed by atoms with E-state index in [0.717, 1.165) is 10.2 Å². The number of nitrogen functional groups attached to an aromatic ring is 1. The zero-order valence-corrected chi connectivity index (χ0v) is 13.2. The van der Waals surface area contributed by atoms with Crippen LogP contribution in [0.25, 0.3) is 5.69 Å². The van der Waals surface area contributed by atoms with Crippen molar-refractivity contribution in [3.8, 4) is 11.4 Å². The second-order valence-corrected chi connectivity index (χ2v) is 5.45. The van der Waals surface area contributed by atoms with E-state index in [1.54, 1.807) is 18.2 Å². The Hall–Kier alpha value is -2.51. The molecule has 0 aliphatic heterocycles. The number of halogens is 2. The fourth-order valence-electron chi connectivity index (χ4n) is 2.01. The second-order valence-electron chi connectivity index (χ2n) is 4.64. The number of tetrazole rings is 1. The normalized spacial score (nSPS) is 10.7. The molecule has 1 heterocycles. The van der Waals surface area contributed by atoms with E-state index in [-0.39, 0.29) is 6.61 Å². The average Bonchev–Trinajstić information content (AvgIpc) is 2.96. The molecular weight excluding hydrogens is 341 g/mol. The summed E-state index contributed by atoms with van der Waals surface area (Å²) >= 11 is 12.1. The van der Waals surface area contributed by atoms with Gasteiger partial charge in [-0.15, -0.1) is 0 Å². The molecule has 0 bridgehead atoms. The van der Waals surface area contributed by atoms with Crippen molar-refractivity contribution in [2.45, 2.75) is 6.61 Å². The lowest BCUT2D eigenvalue weighted by Crippen LogP contribution is -2.18. The minimum atomic E-state index is -0.439. The number of rotatable bonds is 4. The van der Waals surface area contributed by atoms with Gasteiger partial charge >= 0.3 is 5.69 Å². The molecule has 0 radical (unpaired) electrons. The van der Waals surface area contributed by atoms with Gasteiger partial charge in [-0.1, -0.05) is 41.4 Å². The lowest BCUT2D eigenvalue weighted by molar-refractivity contribution is 0.306. The van der Waals surface area contributed by atoms with Gasteiger partial charge in [0.2, 0.25) is 0 Å². The number of H-pyrrole nitrogens is 1. The maximum Gasteiger partial charge on any atom is 0.365 e. The third kappa shape index (κ3) is 3.15. The molecule has 23 heavy (non-hydrogen) atoms. The minimum absolute atomic E-state index is 0.162. The standard InChI is InChI=1S/C14H11Cl2N5O2/c15-9-6-13(10(16)5-11(9)17)23-7-8-3-1-2-4-12(8)21-14(22)18-19-20-21/h1-6H,7,17H2,(H,18,20,22). The van der Waals surface area contributed by atoms with Crippen molar-refractivity contribution in [3.05, 3.63) is 62.5 Å². The average molecular weight is 352 g/mol. The monoisotopic (exact) mass is 351 g/mol. The number of aromatic nitrogens is 4. The summed E-state index contributed by atoms with van der Waals surface area (Å²) < 4.78 is 6.84. The highest BCUT2D eigenvalue weighted by molar-refractivity contribution is 6.36. The molecule has 3 rings (SSSR count). The molecule has 3 N–H and O–H groups in total. The number of aromatic amines is 1. The number of ether oxygens (including phenoxy) is 1. The molecule has 0 spiro atoms. The highest BCUT2D eigenvalue weighted by Gasteiger charge is 2.11. The van der Waals surface area contributed by atoms with Crippen LogP contribution in [0.3, 0.4) is 0 Å². The number of hydrogen-bond acceptors (Lipinski definition) is 5. The molecule has 2 aromatic carbocycles. The van der Waals surface area contributed by atoms with Crippen LogP contribution in [0.5, 0.6) is 5.75 Å². The molecular formula is C14H11Cl2N5O2. The molecule has 9 heteroatoms. The first-order valence-electron chi connectivity index (χ1n) is 6.52. The third-order valence-electron chi connectivity index (χ3n) is 3.13. The van der Waals surface area contributed by atoms with Gasteiger partial charge in [-0.3, -0.25) is 0 Å². The summed E-state index contributed by atoms with van der Waals surface area (Å²) in [6, 6.07) is 10.2. The van der Waals surface area contributed by atoms with E-state index in [2.05, 4.69) is 15.5 Å². The Kier molecular flexibility index (Phi) is 4.22. The van der Waals surface area contributed by atoms with Crippen LogP contribution in [0, 0.1) is 0 Å². The van der Waals surface area contributed by atoms with Gasteiger partial charge < -0.3 is 10.5 Å². The van der Waals surface area contributed by atoms with Gasteiger partial charge in [0.05, 0.1) is 21.4 Å². The first kappa shape index (κ1) is 15.4. The molecule has 0 aliphatic carbocycles. The van der Waals surface area contributed by atoms with E-state index in [1.165, 1.54) is 6.07 Å². The van der Waals surface area contributed by atoms with Crippen molar-refractivity contribution < 1.29 is 4.74 Å².